The van der Waals surface area contributed by atoms with Crippen molar-refractivity contribution in [2.75, 3.05) is 13.1 Å². The van der Waals surface area contributed by atoms with Gasteiger partial charge in [-0.2, -0.15) is 13.2 Å². The van der Waals surface area contributed by atoms with Gasteiger partial charge in [0.05, 0.1) is 6.54 Å². The topological polar surface area (TPSA) is 54.0 Å². The van der Waals surface area contributed by atoms with Gasteiger partial charge in [0.25, 0.3) is 0 Å². The molecule has 0 spiro atoms. The number of piperidine rings is 1. The predicted molar refractivity (Wildman–Crippen MR) is 85.6 cm³/mol. The van der Waals surface area contributed by atoms with E-state index in [9.17, 15) is 18.0 Å². The highest BCUT2D eigenvalue weighted by atomic mass is 35.5. The fraction of sp³-hybridized carbons (Fsp3) is 0.714. The fourth-order valence-corrected chi connectivity index (χ4v) is 3.33. The number of nitrogens with zero attached hydrogens (tertiary/aromatic N) is 1. The Kier molecular flexibility index (Phi) is 7.76. The Bertz CT molecular complexity index is 504. The Morgan fingerprint density at radius 1 is 1.57 bits per heavy atom. The zero-order valence-electron chi connectivity index (χ0n) is 12.8. The SMILES string of the molecule is CC(CC(=O)NCc1nc(C(F)(F)F)cs1)C1CCCNC1.Cl. The Balaban J connectivity index is 0.00000264. The number of halogens is 4. The number of nitrogens with one attached hydrogen (secondary N) is 2. The van der Waals surface area contributed by atoms with Gasteiger partial charge < -0.3 is 10.6 Å². The van der Waals surface area contributed by atoms with Crippen molar-refractivity contribution in [2.45, 2.75) is 38.9 Å². The van der Waals surface area contributed by atoms with Gasteiger partial charge in [-0.15, -0.1) is 23.7 Å². The third-order valence-electron chi connectivity index (χ3n) is 3.93. The third kappa shape index (κ3) is 6.27. The lowest BCUT2D eigenvalue weighted by atomic mass is 9.85. The molecule has 0 radical (unpaired) electrons. The molecule has 1 saturated heterocycles. The number of carbonyl (C=O) groups is 1. The van der Waals surface area contributed by atoms with E-state index < -0.39 is 11.9 Å². The minimum atomic E-state index is -4.43. The molecule has 0 aliphatic carbocycles. The van der Waals surface area contributed by atoms with Crippen LogP contribution >= 0.6 is 23.7 Å². The van der Waals surface area contributed by atoms with E-state index in [1.807, 2.05) is 6.92 Å². The first-order chi connectivity index (χ1) is 10.4. The minimum Gasteiger partial charge on any atom is -0.350 e. The van der Waals surface area contributed by atoms with Gasteiger partial charge in [0.2, 0.25) is 5.91 Å². The van der Waals surface area contributed by atoms with Crippen molar-refractivity contribution < 1.29 is 18.0 Å². The summed E-state index contributed by atoms with van der Waals surface area (Å²) in [6, 6.07) is 0. The minimum absolute atomic E-state index is 0. The molecule has 1 aliphatic rings. The van der Waals surface area contributed by atoms with Crippen molar-refractivity contribution >= 4 is 29.7 Å². The molecule has 0 aromatic carbocycles. The average molecular weight is 372 g/mol. The molecule has 2 heterocycles. The molecule has 132 valence electrons. The van der Waals surface area contributed by atoms with E-state index in [0.717, 1.165) is 42.6 Å². The van der Waals surface area contributed by atoms with Crippen LogP contribution in [0.25, 0.3) is 0 Å². The lowest BCUT2D eigenvalue weighted by Crippen LogP contribution is -2.35. The van der Waals surface area contributed by atoms with E-state index in [2.05, 4.69) is 15.6 Å². The predicted octanol–water partition coefficient (Wildman–Crippen LogP) is 3.23. The number of rotatable bonds is 5. The van der Waals surface area contributed by atoms with Crippen molar-refractivity contribution in [3.8, 4) is 0 Å². The molecule has 1 aromatic heterocycles. The highest BCUT2D eigenvalue weighted by Crippen LogP contribution is 2.30. The second-order valence-electron chi connectivity index (χ2n) is 5.69. The van der Waals surface area contributed by atoms with Crippen LogP contribution in [0.2, 0.25) is 0 Å². The van der Waals surface area contributed by atoms with Gasteiger partial charge in [0.1, 0.15) is 5.01 Å². The number of aromatic nitrogens is 1. The summed E-state index contributed by atoms with van der Waals surface area (Å²) in [7, 11) is 0. The monoisotopic (exact) mass is 371 g/mol. The second kappa shape index (κ2) is 8.84. The lowest BCUT2D eigenvalue weighted by molar-refractivity contribution is -0.140. The van der Waals surface area contributed by atoms with Crippen LogP contribution in [0.5, 0.6) is 0 Å². The van der Waals surface area contributed by atoms with E-state index in [1.54, 1.807) is 0 Å². The van der Waals surface area contributed by atoms with Crippen LogP contribution in [0, 0.1) is 11.8 Å². The molecule has 2 atom stereocenters. The number of hydrogen-bond donors (Lipinski definition) is 2. The molecule has 4 nitrogen and oxygen atoms in total. The van der Waals surface area contributed by atoms with Gasteiger partial charge in [0, 0.05) is 11.8 Å². The Labute approximate surface area is 143 Å². The zero-order valence-corrected chi connectivity index (χ0v) is 14.4. The summed E-state index contributed by atoms with van der Waals surface area (Å²) >= 11 is 0.910. The molecule has 1 fully saturated rings. The highest BCUT2D eigenvalue weighted by Gasteiger charge is 2.33. The molecule has 0 saturated carbocycles. The number of amides is 1. The number of alkyl halides is 3. The molecule has 2 unspecified atom stereocenters. The summed E-state index contributed by atoms with van der Waals surface area (Å²) in [6.45, 7) is 4.05. The van der Waals surface area contributed by atoms with Crippen LogP contribution in [0.4, 0.5) is 13.2 Å². The first kappa shape index (κ1) is 20.2. The van der Waals surface area contributed by atoms with Crippen LogP contribution in [-0.4, -0.2) is 24.0 Å². The maximum Gasteiger partial charge on any atom is 0.434 e. The van der Waals surface area contributed by atoms with Gasteiger partial charge in [-0.25, -0.2) is 4.98 Å². The van der Waals surface area contributed by atoms with E-state index in [-0.39, 0.29) is 35.8 Å². The first-order valence-electron chi connectivity index (χ1n) is 7.35. The molecule has 2 rings (SSSR count). The van der Waals surface area contributed by atoms with Gasteiger partial charge in [0.15, 0.2) is 5.69 Å². The van der Waals surface area contributed by atoms with Crippen molar-refractivity contribution in [3.05, 3.63) is 16.1 Å². The highest BCUT2D eigenvalue weighted by molar-refractivity contribution is 7.09. The standard InChI is InChI=1S/C14H20F3N3OS.ClH/c1-9(10-3-2-4-18-6-10)5-12(21)19-7-13-20-11(8-22-13)14(15,16)17;/h8-10,18H,2-7H2,1H3,(H,19,21);1H. The molecule has 1 aliphatic heterocycles. The fourth-order valence-electron chi connectivity index (χ4n) is 2.59. The summed E-state index contributed by atoms with van der Waals surface area (Å²) in [4.78, 5) is 15.4. The summed E-state index contributed by atoms with van der Waals surface area (Å²) in [5.41, 5.74) is -0.900. The van der Waals surface area contributed by atoms with Gasteiger partial charge in [-0.05, 0) is 37.8 Å². The Morgan fingerprint density at radius 2 is 2.30 bits per heavy atom. The van der Waals surface area contributed by atoms with E-state index in [0.29, 0.717) is 12.3 Å². The average Bonchev–Trinajstić information content (AvgIpc) is 2.95. The third-order valence-corrected chi connectivity index (χ3v) is 4.77. The Morgan fingerprint density at radius 3 is 2.87 bits per heavy atom. The van der Waals surface area contributed by atoms with Gasteiger partial charge in [-0.1, -0.05) is 6.92 Å². The van der Waals surface area contributed by atoms with Crippen molar-refractivity contribution in [1.82, 2.24) is 15.6 Å². The van der Waals surface area contributed by atoms with E-state index in [1.165, 1.54) is 0 Å². The molecule has 0 bridgehead atoms. The van der Waals surface area contributed by atoms with Crippen LogP contribution in [0.3, 0.4) is 0 Å². The largest absolute Gasteiger partial charge is 0.434 e. The van der Waals surface area contributed by atoms with Gasteiger partial charge >= 0.3 is 6.18 Å². The zero-order chi connectivity index (χ0) is 16.2. The van der Waals surface area contributed by atoms with Crippen LogP contribution in [0.1, 0.15) is 36.9 Å². The number of carbonyl (C=O) groups excluding carboxylic acids is 1. The molecule has 1 aromatic rings. The summed E-state index contributed by atoms with van der Waals surface area (Å²) in [5, 5.41) is 7.21. The molecular weight excluding hydrogens is 351 g/mol. The maximum atomic E-state index is 12.4. The van der Waals surface area contributed by atoms with Gasteiger partial charge in [-0.3, -0.25) is 4.79 Å². The molecular formula is C14H21ClF3N3OS. The summed E-state index contributed by atoms with van der Waals surface area (Å²) in [6.07, 6.45) is -1.80. The normalized spacial score (nSPS) is 19.7. The first-order valence-corrected chi connectivity index (χ1v) is 8.23. The van der Waals surface area contributed by atoms with Crippen LogP contribution in [0.15, 0.2) is 5.38 Å². The quantitative estimate of drug-likeness (QED) is 0.835. The van der Waals surface area contributed by atoms with E-state index in [4.69, 9.17) is 0 Å². The summed E-state index contributed by atoms with van der Waals surface area (Å²) in [5.74, 6) is 0.604. The Hall–Kier alpha value is -0.860. The smallest absolute Gasteiger partial charge is 0.350 e. The molecule has 23 heavy (non-hydrogen) atoms. The molecule has 9 heteroatoms. The van der Waals surface area contributed by atoms with Crippen molar-refractivity contribution in [2.24, 2.45) is 11.8 Å². The summed E-state index contributed by atoms with van der Waals surface area (Å²) < 4.78 is 37.3. The maximum absolute atomic E-state index is 12.4. The van der Waals surface area contributed by atoms with E-state index >= 15 is 0 Å². The molecule has 1 amide bonds. The number of thiazole rings is 1. The second-order valence-corrected chi connectivity index (χ2v) is 6.63. The lowest BCUT2D eigenvalue weighted by Gasteiger charge is -2.27. The molecule has 2 N–H and O–H groups in total. The van der Waals surface area contributed by atoms with Crippen molar-refractivity contribution in [3.63, 3.8) is 0 Å². The van der Waals surface area contributed by atoms with Crippen LogP contribution in [-0.2, 0) is 17.5 Å². The number of hydrogen-bond acceptors (Lipinski definition) is 4. The van der Waals surface area contributed by atoms with Crippen LogP contribution < -0.4 is 10.6 Å². The van der Waals surface area contributed by atoms with Crippen molar-refractivity contribution in [1.29, 1.82) is 0 Å².